The van der Waals surface area contributed by atoms with Crippen molar-refractivity contribution in [1.82, 2.24) is 0 Å². The summed E-state index contributed by atoms with van der Waals surface area (Å²) in [7, 11) is 0. The van der Waals surface area contributed by atoms with E-state index in [0.29, 0.717) is 12.2 Å². The molecule has 0 saturated carbocycles. The summed E-state index contributed by atoms with van der Waals surface area (Å²) in [5.74, 6) is -1.46. The lowest BCUT2D eigenvalue weighted by molar-refractivity contribution is -0.138. The Kier molecular flexibility index (Phi) is 4.99. The Morgan fingerprint density at radius 3 is 2.65 bits per heavy atom. The number of aliphatic carboxylic acids is 1. The number of carbonyl (C=O) groups is 2. The van der Waals surface area contributed by atoms with E-state index < -0.39 is 18.0 Å². The van der Waals surface area contributed by atoms with Crippen molar-refractivity contribution < 1.29 is 19.8 Å². The lowest BCUT2D eigenvalue weighted by atomic mass is 10.2. The third-order valence-corrected chi connectivity index (χ3v) is 3.12. The molecule has 5 nitrogen and oxygen atoms in total. The zero-order valence-corrected chi connectivity index (χ0v) is 9.81. The summed E-state index contributed by atoms with van der Waals surface area (Å²) in [6, 6.07) is 5.63. The van der Waals surface area contributed by atoms with Crippen LogP contribution in [0, 0.1) is 0 Å². The van der Waals surface area contributed by atoms with Crippen molar-refractivity contribution in [3.05, 3.63) is 29.8 Å². The van der Waals surface area contributed by atoms with Crippen LogP contribution in [0.2, 0.25) is 0 Å². The average Bonchev–Trinajstić information content (AvgIpc) is 2.29. The van der Waals surface area contributed by atoms with Crippen LogP contribution in [0.4, 0.5) is 0 Å². The molecule has 0 bridgehead atoms. The van der Waals surface area contributed by atoms with Crippen LogP contribution >= 0.6 is 11.8 Å². The molecule has 1 rings (SSSR count). The summed E-state index contributed by atoms with van der Waals surface area (Å²) >= 11 is 1.39. The van der Waals surface area contributed by atoms with Crippen molar-refractivity contribution in [3.63, 3.8) is 0 Å². The van der Waals surface area contributed by atoms with E-state index in [-0.39, 0.29) is 5.56 Å². The second-order valence-electron chi connectivity index (χ2n) is 3.41. The number of hydrogen-bond acceptors (Lipinski definition) is 4. The molecule has 4 N–H and O–H groups in total. The Bertz CT molecular complexity index is 422. The topological polar surface area (TPSA) is 101 Å². The van der Waals surface area contributed by atoms with Crippen LogP contribution in [0.15, 0.2) is 29.2 Å². The molecule has 1 aromatic rings. The quantitative estimate of drug-likeness (QED) is 0.662. The van der Waals surface area contributed by atoms with Crippen LogP contribution in [0.3, 0.4) is 0 Å². The van der Waals surface area contributed by atoms with E-state index in [9.17, 15) is 9.59 Å². The molecular formula is C11H13NO4S. The fourth-order valence-electron chi connectivity index (χ4n) is 1.15. The van der Waals surface area contributed by atoms with Gasteiger partial charge in [0.1, 0.15) is 6.04 Å². The first kappa shape index (κ1) is 13.5. The van der Waals surface area contributed by atoms with Gasteiger partial charge in [-0.3, -0.25) is 4.79 Å². The third-order valence-electron chi connectivity index (χ3n) is 2.10. The Hall–Kier alpha value is -1.53. The molecule has 0 radical (unpaired) electrons. The molecule has 0 aliphatic heterocycles. The number of aromatic carboxylic acids is 1. The SMILES string of the molecule is NC(CCSc1cccc(C(=O)O)c1)C(=O)O. The van der Waals surface area contributed by atoms with Gasteiger partial charge in [-0.15, -0.1) is 11.8 Å². The Morgan fingerprint density at radius 1 is 1.35 bits per heavy atom. The Labute approximate surface area is 103 Å². The molecule has 17 heavy (non-hydrogen) atoms. The first-order valence-electron chi connectivity index (χ1n) is 4.95. The molecule has 1 atom stereocenters. The normalized spacial score (nSPS) is 12.1. The smallest absolute Gasteiger partial charge is 0.335 e. The third kappa shape index (κ3) is 4.46. The van der Waals surface area contributed by atoms with Crippen LogP contribution in [0.25, 0.3) is 0 Å². The summed E-state index contributed by atoms with van der Waals surface area (Å²) in [5.41, 5.74) is 5.57. The van der Waals surface area contributed by atoms with Gasteiger partial charge >= 0.3 is 11.9 Å². The largest absolute Gasteiger partial charge is 0.480 e. The summed E-state index contributed by atoms with van der Waals surface area (Å²) < 4.78 is 0. The van der Waals surface area contributed by atoms with E-state index in [1.54, 1.807) is 18.2 Å². The van der Waals surface area contributed by atoms with Crippen molar-refractivity contribution in [1.29, 1.82) is 0 Å². The first-order chi connectivity index (χ1) is 8.00. The number of hydrogen-bond donors (Lipinski definition) is 3. The van der Waals surface area contributed by atoms with Crippen molar-refractivity contribution in [2.45, 2.75) is 17.4 Å². The zero-order valence-electron chi connectivity index (χ0n) is 9.00. The van der Waals surface area contributed by atoms with E-state index in [2.05, 4.69) is 0 Å². The Balaban J connectivity index is 2.49. The second-order valence-corrected chi connectivity index (χ2v) is 4.58. The number of carboxylic acid groups (broad SMARTS) is 2. The second kappa shape index (κ2) is 6.27. The maximum atomic E-state index is 10.7. The highest BCUT2D eigenvalue weighted by Gasteiger charge is 2.11. The van der Waals surface area contributed by atoms with Crippen LogP contribution < -0.4 is 5.73 Å². The van der Waals surface area contributed by atoms with Crippen LogP contribution in [0.5, 0.6) is 0 Å². The van der Waals surface area contributed by atoms with E-state index >= 15 is 0 Å². The van der Waals surface area contributed by atoms with Gasteiger partial charge in [-0.1, -0.05) is 6.07 Å². The van der Waals surface area contributed by atoms with Gasteiger partial charge in [-0.05, 0) is 24.6 Å². The van der Waals surface area contributed by atoms with Gasteiger partial charge in [0.25, 0.3) is 0 Å². The molecule has 0 aliphatic rings. The molecule has 0 spiro atoms. The molecule has 0 aromatic heterocycles. The zero-order chi connectivity index (χ0) is 12.8. The predicted octanol–water partition coefficient (Wildman–Crippen LogP) is 1.28. The summed E-state index contributed by atoms with van der Waals surface area (Å²) in [6.07, 6.45) is 0.345. The summed E-state index contributed by atoms with van der Waals surface area (Å²) in [4.78, 5) is 22.0. The molecule has 1 unspecified atom stereocenters. The van der Waals surface area contributed by atoms with Gasteiger partial charge in [-0.2, -0.15) is 0 Å². The van der Waals surface area contributed by atoms with Crippen molar-refractivity contribution in [2.24, 2.45) is 5.73 Å². The number of nitrogens with two attached hydrogens (primary N) is 1. The maximum Gasteiger partial charge on any atom is 0.335 e. The molecule has 6 heteroatoms. The van der Waals surface area contributed by atoms with E-state index in [1.807, 2.05) is 0 Å². The predicted molar refractivity (Wildman–Crippen MR) is 64.4 cm³/mol. The van der Waals surface area contributed by atoms with Crippen LogP contribution in [-0.4, -0.2) is 33.9 Å². The van der Waals surface area contributed by atoms with Crippen LogP contribution in [-0.2, 0) is 4.79 Å². The molecule has 0 aliphatic carbocycles. The minimum Gasteiger partial charge on any atom is -0.480 e. The van der Waals surface area contributed by atoms with Crippen LogP contribution in [0.1, 0.15) is 16.8 Å². The van der Waals surface area contributed by atoms with Gasteiger partial charge < -0.3 is 15.9 Å². The monoisotopic (exact) mass is 255 g/mol. The maximum absolute atomic E-state index is 10.7. The van der Waals surface area contributed by atoms with Gasteiger partial charge in [0, 0.05) is 10.6 Å². The fourth-order valence-corrected chi connectivity index (χ4v) is 2.14. The molecular weight excluding hydrogens is 242 g/mol. The van der Waals surface area contributed by atoms with Gasteiger partial charge in [0.15, 0.2) is 0 Å². The fraction of sp³-hybridized carbons (Fsp3) is 0.273. The lowest BCUT2D eigenvalue weighted by Crippen LogP contribution is -2.30. The van der Waals surface area contributed by atoms with Gasteiger partial charge in [0.2, 0.25) is 0 Å². The number of thioether (sulfide) groups is 1. The van der Waals surface area contributed by atoms with Crippen molar-refractivity contribution >= 4 is 23.7 Å². The first-order valence-corrected chi connectivity index (χ1v) is 5.94. The highest BCUT2D eigenvalue weighted by atomic mass is 32.2. The average molecular weight is 255 g/mol. The Morgan fingerprint density at radius 2 is 2.06 bits per heavy atom. The van der Waals surface area contributed by atoms with E-state index in [4.69, 9.17) is 15.9 Å². The van der Waals surface area contributed by atoms with Crippen molar-refractivity contribution in [2.75, 3.05) is 5.75 Å². The molecule has 0 amide bonds. The molecule has 0 fully saturated rings. The molecule has 92 valence electrons. The molecule has 0 heterocycles. The number of carboxylic acids is 2. The molecule has 0 saturated heterocycles. The summed E-state index contributed by atoms with van der Waals surface area (Å²) in [5, 5.41) is 17.4. The minimum atomic E-state index is -1.02. The lowest BCUT2D eigenvalue weighted by Gasteiger charge is -2.06. The minimum absolute atomic E-state index is 0.220. The summed E-state index contributed by atoms with van der Waals surface area (Å²) in [6.45, 7) is 0. The molecule has 1 aromatic carbocycles. The highest BCUT2D eigenvalue weighted by Crippen LogP contribution is 2.20. The van der Waals surface area contributed by atoms with Gasteiger partial charge in [-0.25, -0.2) is 4.79 Å². The van der Waals surface area contributed by atoms with Gasteiger partial charge in [0.05, 0.1) is 5.56 Å². The van der Waals surface area contributed by atoms with Crippen molar-refractivity contribution in [3.8, 4) is 0 Å². The standard InChI is InChI=1S/C11H13NO4S/c12-9(11(15)16)4-5-17-8-3-1-2-7(6-8)10(13)14/h1-3,6,9H,4-5,12H2,(H,13,14)(H,15,16). The van der Waals surface area contributed by atoms with E-state index in [1.165, 1.54) is 17.8 Å². The highest BCUT2D eigenvalue weighted by molar-refractivity contribution is 7.99. The number of rotatable bonds is 6. The van der Waals surface area contributed by atoms with E-state index in [0.717, 1.165) is 4.90 Å². The number of benzene rings is 1.